The fraction of sp³-hybridized carbons (Fsp3) is 0.211. The van der Waals surface area contributed by atoms with Crippen molar-refractivity contribution in [2.45, 2.75) is 26.4 Å². The van der Waals surface area contributed by atoms with Gasteiger partial charge in [0, 0.05) is 0 Å². The maximum Gasteiger partial charge on any atom is 0.338 e. The Kier molecular flexibility index (Phi) is 3.83. The molecule has 25 heavy (non-hydrogen) atoms. The molecule has 0 spiro atoms. The van der Waals surface area contributed by atoms with Crippen LogP contribution in [-0.2, 0) is 4.74 Å². The van der Waals surface area contributed by atoms with E-state index in [1.54, 1.807) is 45.0 Å². The van der Waals surface area contributed by atoms with Gasteiger partial charge in [0.15, 0.2) is 0 Å². The lowest BCUT2D eigenvalue weighted by atomic mass is 10.1. The zero-order chi connectivity index (χ0) is 18.4. The summed E-state index contributed by atoms with van der Waals surface area (Å²) in [6.07, 6.45) is 0. The highest BCUT2D eigenvalue weighted by Crippen LogP contribution is 2.35. The molecule has 1 aliphatic heterocycles. The van der Waals surface area contributed by atoms with E-state index in [2.05, 4.69) is 0 Å². The molecule has 0 saturated heterocycles. The molecule has 1 heterocycles. The van der Waals surface area contributed by atoms with Gasteiger partial charge in [0.2, 0.25) is 0 Å². The van der Waals surface area contributed by atoms with Crippen molar-refractivity contribution in [2.24, 2.45) is 0 Å². The number of phenolic OH excluding ortho intramolecular Hbond substituents is 1. The number of rotatable bonds is 2. The van der Waals surface area contributed by atoms with Crippen molar-refractivity contribution in [3.63, 3.8) is 0 Å². The van der Waals surface area contributed by atoms with Crippen LogP contribution in [0.25, 0.3) is 0 Å². The van der Waals surface area contributed by atoms with Crippen molar-refractivity contribution in [1.82, 2.24) is 0 Å². The van der Waals surface area contributed by atoms with Gasteiger partial charge in [-0.15, -0.1) is 0 Å². The standard InChI is InChI=1S/C19H17NO5/c1-19(2,3)25-18(24)11-8-9-14(15(21)10-11)20-16(22)12-6-4-5-7-13(12)17(20)23/h4-10,21H,1-3H3. The molecule has 6 nitrogen and oxygen atoms in total. The van der Waals surface area contributed by atoms with Crippen molar-refractivity contribution in [3.8, 4) is 5.75 Å². The van der Waals surface area contributed by atoms with E-state index in [1.165, 1.54) is 18.2 Å². The first-order valence-electron chi connectivity index (χ1n) is 7.73. The first-order valence-corrected chi connectivity index (χ1v) is 7.73. The average molecular weight is 339 g/mol. The summed E-state index contributed by atoms with van der Waals surface area (Å²) in [5.74, 6) is -1.98. The van der Waals surface area contributed by atoms with Crippen LogP contribution in [0.4, 0.5) is 5.69 Å². The summed E-state index contributed by atoms with van der Waals surface area (Å²) in [7, 11) is 0. The van der Waals surface area contributed by atoms with Crippen molar-refractivity contribution in [1.29, 1.82) is 0 Å². The highest BCUT2D eigenvalue weighted by molar-refractivity contribution is 6.34. The van der Waals surface area contributed by atoms with E-state index in [4.69, 9.17) is 4.74 Å². The molecule has 1 aliphatic rings. The number of hydrogen-bond acceptors (Lipinski definition) is 5. The lowest BCUT2D eigenvalue weighted by Crippen LogP contribution is -2.29. The minimum absolute atomic E-state index is 0.0264. The van der Waals surface area contributed by atoms with Crippen LogP contribution in [0.1, 0.15) is 51.8 Å². The zero-order valence-corrected chi connectivity index (χ0v) is 14.1. The topological polar surface area (TPSA) is 83.9 Å². The molecule has 0 aromatic heterocycles. The number of benzene rings is 2. The minimum Gasteiger partial charge on any atom is -0.506 e. The van der Waals surface area contributed by atoms with Crippen LogP contribution in [0.3, 0.4) is 0 Å². The summed E-state index contributed by atoms with van der Waals surface area (Å²) in [5, 5.41) is 10.3. The van der Waals surface area contributed by atoms with Crippen molar-refractivity contribution < 1.29 is 24.2 Å². The Hall–Kier alpha value is -3.15. The van der Waals surface area contributed by atoms with Gasteiger partial charge in [-0.2, -0.15) is 0 Å². The van der Waals surface area contributed by atoms with Crippen molar-refractivity contribution in [2.75, 3.05) is 4.90 Å². The number of phenols is 1. The molecule has 1 N–H and O–H groups in total. The molecule has 0 bridgehead atoms. The van der Waals surface area contributed by atoms with Gasteiger partial charge in [-0.1, -0.05) is 12.1 Å². The van der Waals surface area contributed by atoms with E-state index < -0.39 is 23.4 Å². The summed E-state index contributed by atoms with van der Waals surface area (Å²) in [5.41, 5.74) is 0.0472. The Morgan fingerprint density at radius 3 is 2.04 bits per heavy atom. The Balaban J connectivity index is 1.94. The Morgan fingerprint density at radius 1 is 1.00 bits per heavy atom. The van der Waals surface area contributed by atoms with Crippen LogP contribution < -0.4 is 4.90 Å². The first-order chi connectivity index (χ1) is 11.7. The molecule has 0 saturated carbocycles. The summed E-state index contributed by atoms with van der Waals surface area (Å²) >= 11 is 0. The molecule has 0 fully saturated rings. The highest BCUT2D eigenvalue weighted by atomic mass is 16.6. The fourth-order valence-corrected chi connectivity index (χ4v) is 2.58. The van der Waals surface area contributed by atoms with Gasteiger partial charge in [-0.3, -0.25) is 9.59 Å². The van der Waals surface area contributed by atoms with Gasteiger partial charge in [0.1, 0.15) is 11.4 Å². The molecule has 2 aromatic carbocycles. The van der Waals surface area contributed by atoms with E-state index in [9.17, 15) is 19.5 Å². The fourth-order valence-electron chi connectivity index (χ4n) is 2.58. The number of carbonyl (C=O) groups is 3. The smallest absolute Gasteiger partial charge is 0.338 e. The molecule has 0 atom stereocenters. The number of carbonyl (C=O) groups excluding carboxylic acids is 3. The zero-order valence-electron chi connectivity index (χ0n) is 14.1. The van der Waals surface area contributed by atoms with Crippen molar-refractivity contribution in [3.05, 3.63) is 59.2 Å². The van der Waals surface area contributed by atoms with Crippen LogP contribution in [0.2, 0.25) is 0 Å². The van der Waals surface area contributed by atoms with Gasteiger partial charge < -0.3 is 9.84 Å². The van der Waals surface area contributed by atoms with Crippen LogP contribution in [-0.4, -0.2) is 28.5 Å². The number of amides is 2. The second kappa shape index (κ2) is 5.73. The lowest BCUT2D eigenvalue weighted by Gasteiger charge is -2.20. The maximum atomic E-state index is 12.5. The molecular formula is C19H17NO5. The number of aromatic hydroxyl groups is 1. The monoisotopic (exact) mass is 339 g/mol. The average Bonchev–Trinajstić information content (AvgIpc) is 2.78. The van der Waals surface area contributed by atoms with Gasteiger partial charge in [-0.05, 0) is 51.1 Å². The van der Waals surface area contributed by atoms with Crippen LogP contribution in [0.15, 0.2) is 42.5 Å². The molecule has 0 aliphatic carbocycles. The molecule has 2 amide bonds. The number of imide groups is 1. The Labute approximate surface area is 144 Å². The van der Waals surface area contributed by atoms with E-state index in [0.717, 1.165) is 4.90 Å². The third-order valence-corrected chi connectivity index (χ3v) is 3.64. The molecule has 0 unspecified atom stereocenters. The molecule has 3 rings (SSSR count). The molecule has 2 aromatic rings. The predicted molar refractivity (Wildman–Crippen MR) is 90.9 cm³/mol. The summed E-state index contributed by atoms with van der Waals surface area (Å²) < 4.78 is 5.24. The number of hydrogen-bond donors (Lipinski definition) is 1. The molecule has 128 valence electrons. The van der Waals surface area contributed by atoms with Crippen molar-refractivity contribution >= 4 is 23.5 Å². The molecular weight excluding hydrogens is 322 g/mol. The first kappa shape index (κ1) is 16.7. The number of nitrogens with zero attached hydrogens (tertiary/aromatic N) is 1. The largest absolute Gasteiger partial charge is 0.506 e. The third-order valence-electron chi connectivity index (χ3n) is 3.64. The Bertz CT molecular complexity index is 860. The Morgan fingerprint density at radius 2 is 1.56 bits per heavy atom. The molecule has 6 heteroatoms. The second-order valence-corrected chi connectivity index (χ2v) is 6.70. The van der Waals surface area contributed by atoms with E-state index >= 15 is 0 Å². The van der Waals surface area contributed by atoms with E-state index in [0.29, 0.717) is 0 Å². The number of fused-ring (bicyclic) bond motifs is 1. The van der Waals surface area contributed by atoms with E-state index in [-0.39, 0.29) is 28.1 Å². The van der Waals surface area contributed by atoms with Gasteiger partial charge in [0.25, 0.3) is 11.8 Å². The normalized spacial score (nSPS) is 13.8. The van der Waals surface area contributed by atoms with Gasteiger partial charge in [-0.25, -0.2) is 9.69 Å². The summed E-state index contributed by atoms with van der Waals surface area (Å²) in [6, 6.07) is 10.4. The molecule has 0 radical (unpaired) electrons. The SMILES string of the molecule is CC(C)(C)OC(=O)c1ccc(N2C(=O)c3ccccc3C2=O)c(O)c1. The maximum absolute atomic E-state index is 12.5. The number of ether oxygens (including phenoxy) is 1. The predicted octanol–water partition coefficient (Wildman–Crippen LogP) is 3.15. The van der Waals surface area contributed by atoms with E-state index in [1.807, 2.05) is 0 Å². The quantitative estimate of drug-likeness (QED) is 0.671. The van der Waals surface area contributed by atoms with Gasteiger partial charge >= 0.3 is 5.97 Å². The van der Waals surface area contributed by atoms with Gasteiger partial charge in [0.05, 0.1) is 22.4 Å². The third kappa shape index (κ3) is 2.98. The second-order valence-electron chi connectivity index (χ2n) is 6.70. The number of esters is 1. The van der Waals surface area contributed by atoms with Crippen LogP contribution >= 0.6 is 0 Å². The minimum atomic E-state index is -0.673. The summed E-state index contributed by atoms with van der Waals surface area (Å²) in [6.45, 7) is 5.20. The van der Waals surface area contributed by atoms with Crippen LogP contribution in [0.5, 0.6) is 5.75 Å². The number of anilines is 1. The summed E-state index contributed by atoms with van der Waals surface area (Å²) in [4.78, 5) is 37.9. The lowest BCUT2D eigenvalue weighted by molar-refractivity contribution is 0.00690. The highest BCUT2D eigenvalue weighted by Gasteiger charge is 2.37. The van der Waals surface area contributed by atoms with Crippen LogP contribution in [0, 0.1) is 0 Å².